The van der Waals surface area contributed by atoms with E-state index in [1.807, 2.05) is 0 Å². The summed E-state index contributed by atoms with van der Waals surface area (Å²) in [6.45, 7) is 0.440. The molecule has 3 aromatic rings. The van der Waals surface area contributed by atoms with E-state index in [-0.39, 0.29) is 22.1 Å². The molecule has 1 amide bonds. The molecule has 0 atom stereocenters. The molecule has 1 aliphatic carbocycles. The normalized spacial score (nSPS) is 13.8. The number of primary sulfonamides is 1. The van der Waals surface area contributed by atoms with Crippen LogP contribution in [-0.2, 0) is 39.8 Å². The fourth-order valence-corrected chi connectivity index (χ4v) is 6.28. The summed E-state index contributed by atoms with van der Waals surface area (Å²) in [5, 5.41) is 8.67. The molecular formula is C21H24N4O4S3. The second-order valence-electron chi connectivity index (χ2n) is 7.69. The number of aryl methyl sites for hydroxylation is 2. The van der Waals surface area contributed by atoms with Crippen molar-refractivity contribution < 1.29 is 13.2 Å². The van der Waals surface area contributed by atoms with Gasteiger partial charge in [-0.3, -0.25) is 9.59 Å². The summed E-state index contributed by atoms with van der Waals surface area (Å²) in [6.07, 6.45) is 4.83. The van der Waals surface area contributed by atoms with Gasteiger partial charge in [-0.05, 0) is 55.4 Å². The molecule has 0 fully saturated rings. The molecule has 2 aromatic heterocycles. The number of carbonyl (C=O) groups is 1. The Bertz CT molecular complexity index is 1300. The molecule has 11 heteroatoms. The van der Waals surface area contributed by atoms with E-state index in [0.29, 0.717) is 24.5 Å². The predicted molar refractivity (Wildman–Crippen MR) is 128 cm³/mol. The average molecular weight is 493 g/mol. The standard InChI is InChI=1S/C21H24N4O4S3/c22-32(28,29)14-7-5-13(6-8-14)9-10-23-18(26)12-30-11-17-24-20(27)19-15-3-1-2-4-16(15)31-21(19)25-17/h5-8H,1-4,9-12H2,(H,23,26)(H2,22,28,29)(H,24,25,27). The van der Waals surface area contributed by atoms with Gasteiger partial charge < -0.3 is 10.3 Å². The van der Waals surface area contributed by atoms with Crippen LogP contribution in [0.25, 0.3) is 10.2 Å². The number of aromatic amines is 1. The zero-order chi connectivity index (χ0) is 22.7. The Hall–Kier alpha value is -2.21. The molecule has 1 aliphatic rings. The van der Waals surface area contributed by atoms with Gasteiger partial charge in [0.05, 0.1) is 21.8 Å². The molecule has 8 nitrogen and oxygen atoms in total. The maximum Gasteiger partial charge on any atom is 0.259 e. The summed E-state index contributed by atoms with van der Waals surface area (Å²) in [5.74, 6) is 1.20. The minimum Gasteiger partial charge on any atom is -0.355 e. The third-order valence-electron chi connectivity index (χ3n) is 5.33. The first-order valence-corrected chi connectivity index (χ1v) is 13.8. The third-order valence-corrected chi connectivity index (χ3v) is 8.39. The Labute approximate surface area is 194 Å². The van der Waals surface area contributed by atoms with Crippen molar-refractivity contribution >= 4 is 49.2 Å². The zero-order valence-corrected chi connectivity index (χ0v) is 19.8. The number of nitrogens with zero attached hydrogens (tertiary/aromatic N) is 1. The summed E-state index contributed by atoms with van der Waals surface area (Å²) in [7, 11) is -3.70. The van der Waals surface area contributed by atoms with Crippen LogP contribution in [-0.4, -0.2) is 36.6 Å². The Balaban J connectivity index is 1.25. The Morgan fingerprint density at radius 2 is 1.97 bits per heavy atom. The fraction of sp³-hybridized carbons (Fsp3) is 0.381. The monoisotopic (exact) mass is 492 g/mol. The first-order valence-electron chi connectivity index (χ1n) is 10.3. The number of benzene rings is 1. The molecule has 1 aromatic carbocycles. The lowest BCUT2D eigenvalue weighted by atomic mass is 9.97. The van der Waals surface area contributed by atoms with E-state index in [1.165, 1.54) is 34.3 Å². The molecule has 0 unspecified atom stereocenters. The van der Waals surface area contributed by atoms with E-state index in [9.17, 15) is 18.0 Å². The number of sulfonamides is 1. The van der Waals surface area contributed by atoms with Crippen molar-refractivity contribution in [1.29, 1.82) is 0 Å². The number of hydrogen-bond donors (Lipinski definition) is 3. The highest BCUT2D eigenvalue weighted by atomic mass is 32.2. The van der Waals surface area contributed by atoms with Crippen molar-refractivity contribution in [2.45, 2.75) is 42.8 Å². The average Bonchev–Trinajstić information content (AvgIpc) is 3.12. The second kappa shape index (κ2) is 9.74. The largest absolute Gasteiger partial charge is 0.355 e. The third kappa shape index (κ3) is 5.40. The number of rotatable bonds is 8. The number of thiophene rings is 1. The molecule has 0 radical (unpaired) electrons. The van der Waals surface area contributed by atoms with Crippen LogP contribution in [0.4, 0.5) is 0 Å². The zero-order valence-electron chi connectivity index (χ0n) is 17.3. The van der Waals surface area contributed by atoms with Gasteiger partial charge in [0.2, 0.25) is 15.9 Å². The summed E-state index contributed by atoms with van der Waals surface area (Å²) >= 11 is 3.02. The molecule has 2 heterocycles. The fourth-order valence-electron chi connectivity index (χ4n) is 3.76. The van der Waals surface area contributed by atoms with Gasteiger partial charge in [-0.15, -0.1) is 23.1 Å². The van der Waals surface area contributed by atoms with E-state index in [0.717, 1.165) is 41.5 Å². The van der Waals surface area contributed by atoms with Crippen LogP contribution in [0, 0.1) is 0 Å². The van der Waals surface area contributed by atoms with Crippen molar-refractivity contribution in [2.75, 3.05) is 12.3 Å². The summed E-state index contributed by atoms with van der Waals surface area (Å²) in [5.41, 5.74) is 1.99. The molecule has 32 heavy (non-hydrogen) atoms. The van der Waals surface area contributed by atoms with Gasteiger partial charge >= 0.3 is 0 Å². The number of fused-ring (bicyclic) bond motifs is 3. The molecule has 4 rings (SSSR count). The number of hydrogen-bond acceptors (Lipinski definition) is 7. The van der Waals surface area contributed by atoms with Gasteiger partial charge in [-0.25, -0.2) is 18.5 Å². The highest BCUT2D eigenvalue weighted by Crippen LogP contribution is 2.33. The molecule has 0 bridgehead atoms. The second-order valence-corrected chi connectivity index (χ2v) is 11.3. The van der Waals surface area contributed by atoms with Crippen LogP contribution in [0.15, 0.2) is 34.0 Å². The lowest BCUT2D eigenvalue weighted by Gasteiger charge is -2.09. The highest BCUT2D eigenvalue weighted by Gasteiger charge is 2.19. The number of amides is 1. The van der Waals surface area contributed by atoms with Gasteiger partial charge in [0.1, 0.15) is 10.7 Å². The smallest absolute Gasteiger partial charge is 0.259 e. The number of thioether (sulfide) groups is 1. The van der Waals surface area contributed by atoms with Crippen molar-refractivity contribution in [3.63, 3.8) is 0 Å². The Kier molecular flexibility index (Phi) is 6.99. The highest BCUT2D eigenvalue weighted by molar-refractivity contribution is 7.99. The Morgan fingerprint density at radius 1 is 1.22 bits per heavy atom. The quantitative estimate of drug-likeness (QED) is 0.441. The van der Waals surface area contributed by atoms with Crippen LogP contribution in [0.5, 0.6) is 0 Å². The van der Waals surface area contributed by atoms with Crippen LogP contribution < -0.4 is 16.0 Å². The molecule has 0 saturated carbocycles. The van der Waals surface area contributed by atoms with Crippen molar-refractivity contribution in [1.82, 2.24) is 15.3 Å². The summed E-state index contributed by atoms with van der Waals surface area (Å²) in [6, 6.07) is 6.27. The van der Waals surface area contributed by atoms with Gasteiger partial charge in [0.25, 0.3) is 5.56 Å². The lowest BCUT2D eigenvalue weighted by Crippen LogP contribution is -2.27. The van der Waals surface area contributed by atoms with Gasteiger partial charge in [0.15, 0.2) is 0 Å². The van der Waals surface area contributed by atoms with E-state index < -0.39 is 10.0 Å². The minimum absolute atomic E-state index is 0.0641. The van der Waals surface area contributed by atoms with Crippen LogP contribution >= 0.6 is 23.1 Å². The Morgan fingerprint density at radius 3 is 2.72 bits per heavy atom. The first-order chi connectivity index (χ1) is 15.3. The molecule has 0 aliphatic heterocycles. The van der Waals surface area contributed by atoms with Crippen molar-refractivity contribution in [3.05, 3.63) is 56.4 Å². The van der Waals surface area contributed by atoms with Crippen molar-refractivity contribution in [3.8, 4) is 0 Å². The SMILES string of the molecule is NS(=O)(=O)c1ccc(CCNC(=O)CSCc2nc3sc4c(c3c(=O)[nH]2)CCCC4)cc1. The van der Waals surface area contributed by atoms with Crippen molar-refractivity contribution in [2.24, 2.45) is 5.14 Å². The predicted octanol–water partition coefficient (Wildman–Crippen LogP) is 2.10. The summed E-state index contributed by atoms with van der Waals surface area (Å²) < 4.78 is 22.5. The van der Waals surface area contributed by atoms with Gasteiger partial charge in [-0.2, -0.15) is 0 Å². The first kappa shape index (κ1) is 23.0. The molecular weight excluding hydrogens is 468 g/mol. The lowest BCUT2D eigenvalue weighted by molar-refractivity contribution is -0.118. The topological polar surface area (TPSA) is 135 Å². The maximum atomic E-state index is 12.6. The van der Waals surface area contributed by atoms with E-state index in [1.54, 1.807) is 23.5 Å². The molecule has 0 saturated heterocycles. The number of nitrogens with two attached hydrogens (primary N) is 1. The maximum absolute atomic E-state index is 12.6. The van der Waals surface area contributed by atoms with Crippen LogP contribution in [0.1, 0.15) is 34.7 Å². The van der Waals surface area contributed by atoms with E-state index >= 15 is 0 Å². The van der Waals surface area contributed by atoms with Gasteiger partial charge in [-0.1, -0.05) is 12.1 Å². The molecule has 4 N–H and O–H groups in total. The molecule has 0 spiro atoms. The minimum atomic E-state index is -3.70. The van der Waals surface area contributed by atoms with E-state index in [2.05, 4.69) is 15.3 Å². The number of aromatic nitrogens is 2. The number of carbonyl (C=O) groups excluding carboxylic acids is 1. The van der Waals surface area contributed by atoms with Crippen LogP contribution in [0.3, 0.4) is 0 Å². The van der Waals surface area contributed by atoms with E-state index in [4.69, 9.17) is 5.14 Å². The number of H-pyrrole nitrogens is 1. The number of nitrogens with one attached hydrogen (secondary N) is 2. The molecule has 170 valence electrons. The van der Waals surface area contributed by atoms with Crippen LogP contribution in [0.2, 0.25) is 0 Å². The van der Waals surface area contributed by atoms with Gasteiger partial charge in [0, 0.05) is 11.4 Å². The summed E-state index contributed by atoms with van der Waals surface area (Å²) in [4.78, 5) is 34.3.